The summed E-state index contributed by atoms with van der Waals surface area (Å²) in [6.45, 7) is 6.81. The van der Waals surface area contributed by atoms with Gasteiger partial charge in [0.2, 0.25) is 0 Å². The number of aromatic nitrogens is 1. The third-order valence-corrected chi connectivity index (χ3v) is 8.64. The second-order valence-electron chi connectivity index (χ2n) is 9.72. The number of nitrogens with one attached hydrogen (secondary N) is 2. The lowest BCUT2D eigenvalue weighted by molar-refractivity contribution is -0.131. The number of ether oxygens (including phenoxy) is 1. The van der Waals surface area contributed by atoms with Gasteiger partial charge < -0.3 is 14.6 Å². The topological polar surface area (TPSA) is 127 Å². The van der Waals surface area contributed by atoms with E-state index in [2.05, 4.69) is 5.32 Å². The van der Waals surface area contributed by atoms with Gasteiger partial charge in [0.25, 0.3) is 11.5 Å². The second kappa shape index (κ2) is 13.5. The molecule has 214 valence electrons. The maximum absolute atomic E-state index is 14.9. The first kappa shape index (κ1) is 32.4. The molecule has 3 aromatic rings. The van der Waals surface area contributed by atoms with Crippen LogP contribution in [-0.4, -0.2) is 54.4 Å². The Bertz CT molecular complexity index is 1480. The van der Waals surface area contributed by atoms with E-state index in [1.165, 1.54) is 29.2 Å². The van der Waals surface area contributed by atoms with E-state index in [1.54, 1.807) is 30.3 Å². The van der Waals surface area contributed by atoms with E-state index >= 15 is 0 Å². The molecule has 0 fully saturated rings. The number of nitrogens with zero attached hydrogens (tertiary/aromatic N) is 1. The highest BCUT2D eigenvalue weighted by Crippen LogP contribution is 2.27. The number of aryl methyl sites for hydroxylation is 1. The molecule has 1 heterocycles. The van der Waals surface area contributed by atoms with Crippen molar-refractivity contribution in [3.05, 3.63) is 70.4 Å². The minimum Gasteiger partial charge on any atom is -0.377 e. The third-order valence-electron chi connectivity index (χ3n) is 6.61. The highest BCUT2D eigenvalue weighted by molar-refractivity contribution is 7.92. The molecule has 9 nitrogen and oxygen atoms in total. The van der Waals surface area contributed by atoms with Crippen molar-refractivity contribution in [1.29, 1.82) is 0 Å². The van der Waals surface area contributed by atoms with Crippen LogP contribution in [0.5, 0.6) is 0 Å². The van der Waals surface area contributed by atoms with E-state index in [1.807, 2.05) is 19.9 Å². The number of hydroxylamine groups is 1. The summed E-state index contributed by atoms with van der Waals surface area (Å²) in [5.41, 5.74) is 2.84. The quantitative estimate of drug-likeness (QED) is 0.169. The Morgan fingerprint density at radius 2 is 1.90 bits per heavy atom. The number of benzene rings is 2. The van der Waals surface area contributed by atoms with Crippen molar-refractivity contribution in [3.8, 4) is 11.1 Å². The van der Waals surface area contributed by atoms with Gasteiger partial charge in [-0.3, -0.25) is 14.8 Å². The molecule has 0 aliphatic heterocycles. The fourth-order valence-corrected chi connectivity index (χ4v) is 4.90. The molecule has 0 aliphatic rings. The van der Waals surface area contributed by atoms with Crippen molar-refractivity contribution in [2.75, 3.05) is 19.4 Å². The summed E-state index contributed by atoms with van der Waals surface area (Å²) >= 11 is 0. The van der Waals surface area contributed by atoms with E-state index in [0.717, 1.165) is 11.8 Å². The molecule has 1 atom stereocenters. The van der Waals surface area contributed by atoms with Crippen LogP contribution in [-0.2, 0) is 32.5 Å². The third kappa shape index (κ3) is 7.64. The van der Waals surface area contributed by atoms with Crippen molar-refractivity contribution in [3.63, 3.8) is 0 Å². The molecule has 0 radical (unpaired) electrons. The van der Waals surface area contributed by atoms with Crippen LogP contribution in [0.4, 0.5) is 4.39 Å². The molecule has 3 N–H and O–H groups in total. The van der Waals surface area contributed by atoms with Crippen LogP contribution >= 0.6 is 12.4 Å². The lowest BCUT2D eigenvalue weighted by atomic mass is 10.00. The van der Waals surface area contributed by atoms with E-state index in [4.69, 9.17) is 9.94 Å². The summed E-state index contributed by atoms with van der Waals surface area (Å²) in [5.74, 6) is -1.44. The smallest absolute Gasteiger partial charge is 0.264 e. The molecule has 12 heteroatoms. The Labute approximate surface area is 233 Å². The van der Waals surface area contributed by atoms with Crippen molar-refractivity contribution < 1.29 is 27.5 Å². The number of amides is 1. The van der Waals surface area contributed by atoms with Crippen LogP contribution in [0.1, 0.15) is 32.8 Å². The van der Waals surface area contributed by atoms with Gasteiger partial charge in [0.15, 0.2) is 14.6 Å². The number of hydrogen-bond acceptors (Lipinski definition) is 7. The van der Waals surface area contributed by atoms with Gasteiger partial charge in [-0.2, -0.15) is 0 Å². The molecule has 1 unspecified atom stereocenters. The first-order valence-corrected chi connectivity index (χ1v) is 14.1. The molecule has 0 spiro atoms. The number of carbonyl (C=O) groups is 1. The first-order chi connectivity index (χ1) is 17.9. The van der Waals surface area contributed by atoms with Gasteiger partial charge >= 0.3 is 0 Å². The average Bonchev–Trinajstić information content (AvgIpc) is 2.86. The summed E-state index contributed by atoms with van der Waals surface area (Å²) in [6.07, 6.45) is 2.34. The highest BCUT2D eigenvalue weighted by atomic mass is 35.5. The molecule has 0 saturated heterocycles. The average molecular weight is 584 g/mol. The normalized spacial score (nSPS) is 13.2. The number of hydrogen-bond donors (Lipinski definition) is 3. The molecule has 2 aromatic carbocycles. The van der Waals surface area contributed by atoms with E-state index in [-0.39, 0.29) is 42.9 Å². The van der Waals surface area contributed by atoms with E-state index in [0.29, 0.717) is 41.6 Å². The molecule has 0 saturated carbocycles. The Kier molecular flexibility index (Phi) is 11.2. The van der Waals surface area contributed by atoms with Gasteiger partial charge in [0, 0.05) is 43.0 Å². The first-order valence-electron chi connectivity index (χ1n) is 12.3. The lowest BCUT2D eigenvalue weighted by Gasteiger charge is -2.25. The molecule has 39 heavy (non-hydrogen) atoms. The molecule has 0 bridgehead atoms. The largest absolute Gasteiger partial charge is 0.377 e. The Hall–Kier alpha value is -2.83. The van der Waals surface area contributed by atoms with Crippen LogP contribution in [0, 0.1) is 5.82 Å². The zero-order chi connectivity index (χ0) is 28.1. The number of fused-ring (bicyclic) bond motifs is 1. The van der Waals surface area contributed by atoms with E-state index < -0.39 is 20.5 Å². The number of pyridine rings is 1. The summed E-state index contributed by atoms with van der Waals surface area (Å²) in [4.78, 5) is 25.1. The van der Waals surface area contributed by atoms with Crippen molar-refractivity contribution in [1.82, 2.24) is 15.4 Å². The predicted molar refractivity (Wildman–Crippen MR) is 151 cm³/mol. The van der Waals surface area contributed by atoms with Crippen LogP contribution in [0.3, 0.4) is 0 Å². The highest BCUT2D eigenvalue weighted by Gasteiger charge is 2.43. The SMILES string of the molecule is CC(C)OCCNCc1ccc(-c2ccc3c(=O)n(CCC(C)(C(=O)NO)S(C)(=O)=O)ccc3c2)c(F)c1.Cl. The van der Waals surface area contributed by atoms with Gasteiger partial charge in [-0.05, 0) is 68.0 Å². The second-order valence-corrected chi connectivity index (χ2v) is 12.2. The molecular weight excluding hydrogens is 549 g/mol. The Balaban J connectivity index is 0.00000533. The fourth-order valence-electron chi connectivity index (χ4n) is 4.05. The van der Waals surface area contributed by atoms with Gasteiger partial charge in [-0.25, -0.2) is 18.3 Å². The molecule has 1 aromatic heterocycles. The molecule has 3 rings (SSSR count). The summed E-state index contributed by atoms with van der Waals surface area (Å²) in [7, 11) is -3.89. The predicted octanol–water partition coefficient (Wildman–Crippen LogP) is 3.44. The van der Waals surface area contributed by atoms with Gasteiger partial charge in [0.05, 0.1) is 12.7 Å². The standard InChI is InChI=1S/C27H34FN3O6S.ClH/c1-18(2)37-14-11-29-17-19-5-7-22(24(28)15-19)20-6-8-23-21(16-20)9-12-31(25(23)32)13-10-27(3,26(33)30-34)38(4,35)36;/h5-9,12,15-16,18,29,34H,10-11,13-14,17H2,1-4H3,(H,30,33);1H. The maximum atomic E-state index is 14.9. The van der Waals surface area contributed by atoms with Crippen molar-refractivity contribution >= 4 is 38.9 Å². The Morgan fingerprint density at radius 3 is 2.51 bits per heavy atom. The van der Waals surface area contributed by atoms with Gasteiger partial charge in [-0.15, -0.1) is 12.4 Å². The number of carbonyl (C=O) groups excluding carboxylic acids is 1. The van der Waals surface area contributed by atoms with Crippen LogP contribution < -0.4 is 16.4 Å². The minimum absolute atomic E-state index is 0. The Morgan fingerprint density at radius 1 is 1.18 bits per heavy atom. The van der Waals surface area contributed by atoms with Gasteiger partial charge in [0.1, 0.15) is 5.82 Å². The van der Waals surface area contributed by atoms with Crippen molar-refractivity contribution in [2.24, 2.45) is 0 Å². The maximum Gasteiger partial charge on any atom is 0.264 e. The summed E-state index contributed by atoms with van der Waals surface area (Å²) in [6, 6.07) is 11.7. The zero-order valence-corrected chi connectivity index (χ0v) is 24.0. The summed E-state index contributed by atoms with van der Waals surface area (Å²) in [5, 5.41) is 13.2. The number of rotatable bonds is 12. The fraction of sp³-hybridized carbons (Fsp3) is 0.407. The van der Waals surface area contributed by atoms with Crippen molar-refractivity contribution in [2.45, 2.75) is 51.1 Å². The van der Waals surface area contributed by atoms with Crippen LogP contribution in [0.25, 0.3) is 21.9 Å². The minimum atomic E-state index is -3.89. The zero-order valence-electron chi connectivity index (χ0n) is 22.4. The molecule has 0 aliphatic carbocycles. The monoisotopic (exact) mass is 583 g/mol. The number of sulfone groups is 1. The van der Waals surface area contributed by atoms with E-state index in [9.17, 15) is 22.4 Å². The molecule has 1 amide bonds. The number of halogens is 2. The van der Waals surface area contributed by atoms with Crippen LogP contribution in [0.2, 0.25) is 0 Å². The summed E-state index contributed by atoms with van der Waals surface area (Å²) < 4.78 is 44.2. The van der Waals surface area contributed by atoms with Crippen LogP contribution in [0.15, 0.2) is 53.5 Å². The molecular formula is C27H35ClFN3O6S. The van der Waals surface area contributed by atoms with Gasteiger partial charge in [-0.1, -0.05) is 18.2 Å². The lowest BCUT2D eigenvalue weighted by Crippen LogP contribution is -2.49.